The topological polar surface area (TPSA) is 103 Å². The van der Waals surface area contributed by atoms with Crippen LogP contribution in [-0.4, -0.2) is 28.5 Å². The number of nitrogens with zero attached hydrogens (tertiary/aromatic N) is 4. The van der Waals surface area contributed by atoms with Gasteiger partial charge in [-0.05, 0) is 12.8 Å². The summed E-state index contributed by atoms with van der Waals surface area (Å²) in [4.78, 5) is 14.3. The maximum absolute atomic E-state index is 5.92. The van der Waals surface area contributed by atoms with Gasteiger partial charge in [0.1, 0.15) is 11.6 Å². The molecule has 0 bridgehead atoms. The van der Waals surface area contributed by atoms with Gasteiger partial charge in [-0.1, -0.05) is 13.8 Å². The Hall–Kier alpha value is -2.57. The number of hydrogen-bond acceptors (Lipinski definition) is 7. The minimum absolute atomic E-state index is 0.120. The number of anilines is 3. The summed E-state index contributed by atoms with van der Waals surface area (Å²) in [6.45, 7) is 7.07. The predicted molar refractivity (Wildman–Crippen MR) is 88.2 cm³/mol. The van der Waals surface area contributed by atoms with Crippen LogP contribution < -0.4 is 21.1 Å². The summed E-state index contributed by atoms with van der Waals surface area (Å²) in [5.74, 6) is 2.50. The van der Waals surface area contributed by atoms with Crippen LogP contribution >= 0.6 is 0 Å². The first-order valence-corrected chi connectivity index (χ1v) is 7.19. The molecule has 0 aliphatic carbocycles. The van der Waals surface area contributed by atoms with Gasteiger partial charge in [-0.15, -0.1) is 0 Å². The van der Waals surface area contributed by atoms with Crippen molar-refractivity contribution in [3.05, 3.63) is 24.0 Å². The van der Waals surface area contributed by atoms with Crippen molar-refractivity contribution in [2.75, 3.05) is 30.0 Å². The average molecular weight is 302 g/mol. The van der Waals surface area contributed by atoms with E-state index in [-0.39, 0.29) is 17.7 Å². The van der Waals surface area contributed by atoms with Crippen LogP contribution in [-0.2, 0) is 0 Å². The second-order valence-corrected chi connectivity index (χ2v) is 5.33. The summed E-state index contributed by atoms with van der Waals surface area (Å²) in [5.41, 5.74) is 12.3. The molecule has 0 aromatic carbocycles. The molecule has 0 unspecified atom stereocenters. The van der Waals surface area contributed by atoms with E-state index >= 15 is 0 Å². The highest BCUT2D eigenvalue weighted by atomic mass is 16.5. The quantitative estimate of drug-likeness (QED) is 0.874. The standard InChI is InChI=1S/C15H22N6O/c1-5-21(4)13-6-11(10(7-18-13)9(2)3)22-12-8-19-15(17)20-14(12)16/h6-9H,5H2,1-4H3,(H4,16,17,19,20). The molecule has 0 spiro atoms. The third-order valence-electron chi connectivity index (χ3n) is 3.39. The molecule has 7 heteroatoms. The van der Waals surface area contributed by atoms with Crippen molar-refractivity contribution in [2.45, 2.75) is 26.7 Å². The van der Waals surface area contributed by atoms with Gasteiger partial charge in [0.15, 0.2) is 11.6 Å². The fourth-order valence-corrected chi connectivity index (χ4v) is 1.93. The van der Waals surface area contributed by atoms with E-state index in [1.165, 1.54) is 6.20 Å². The van der Waals surface area contributed by atoms with E-state index in [1.807, 2.05) is 24.2 Å². The highest BCUT2D eigenvalue weighted by Gasteiger charge is 2.14. The maximum atomic E-state index is 5.92. The molecule has 0 aliphatic rings. The second kappa shape index (κ2) is 6.46. The van der Waals surface area contributed by atoms with Crippen LogP contribution in [0, 0.1) is 0 Å². The van der Waals surface area contributed by atoms with Gasteiger partial charge in [0.05, 0.1) is 6.20 Å². The average Bonchev–Trinajstić information content (AvgIpc) is 2.49. The largest absolute Gasteiger partial charge is 0.451 e. The van der Waals surface area contributed by atoms with E-state index in [0.29, 0.717) is 11.5 Å². The minimum atomic E-state index is 0.120. The van der Waals surface area contributed by atoms with Crippen LogP contribution in [0.4, 0.5) is 17.6 Å². The zero-order valence-corrected chi connectivity index (χ0v) is 13.4. The second-order valence-electron chi connectivity index (χ2n) is 5.33. The normalized spacial score (nSPS) is 10.8. The summed E-state index contributed by atoms with van der Waals surface area (Å²) < 4.78 is 5.92. The monoisotopic (exact) mass is 302 g/mol. The molecule has 0 saturated carbocycles. The van der Waals surface area contributed by atoms with E-state index in [9.17, 15) is 0 Å². The number of nitrogen functional groups attached to an aromatic ring is 2. The summed E-state index contributed by atoms with van der Waals surface area (Å²) in [6.07, 6.45) is 3.31. The molecule has 4 N–H and O–H groups in total. The highest BCUT2D eigenvalue weighted by Crippen LogP contribution is 2.34. The zero-order chi connectivity index (χ0) is 16.3. The molecule has 0 atom stereocenters. The third-order valence-corrected chi connectivity index (χ3v) is 3.39. The molecule has 2 aromatic rings. The maximum Gasteiger partial charge on any atom is 0.222 e. The number of nitrogens with two attached hydrogens (primary N) is 2. The Morgan fingerprint density at radius 3 is 2.50 bits per heavy atom. The van der Waals surface area contributed by atoms with Crippen LogP contribution in [0.5, 0.6) is 11.5 Å². The Morgan fingerprint density at radius 1 is 1.18 bits per heavy atom. The van der Waals surface area contributed by atoms with E-state index < -0.39 is 0 Å². The Morgan fingerprint density at radius 2 is 1.91 bits per heavy atom. The molecule has 0 amide bonds. The van der Waals surface area contributed by atoms with Gasteiger partial charge in [0, 0.05) is 31.4 Å². The van der Waals surface area contributed by atoms with Crippen molar-refractivity contribution >= 4 is 17.6 Å². The van der Waals surface area contributed by atoms with Crippen molar-refractivity contribution in [1.82, 2.24) is 15.0 Å². The molecule has 118 valence electrons. The molecule has 2 heterocycles. The number of aromatic nitrogens is 3. The van der Waals surface area contributed by atoms with Crippen molar-refractivity contribution < 1.29 is 4.74 Å². The molecule has 2 aromatic heterocycles. The van der Waals surface area contributed by atoms with E-state index in [2.05, 4.69) is 35.7 Å². The van der Waals surface area contributed by atoms with Crippen LogP contribution in [0.15, 0.2) is 18.5 Å². The summed E-state index contributed by atoms with van der Waals surface area (Å²) in [7, 11) is 1.97. The first-order chi connectivity index (χ1) is 10.4. The molecule has 7 nitrogen and oxygen atoms in total. The van der Waals surface area contributed by atoms with Crippen molar-refractivity contribution in [3.8, 4) is 11.5 Å². The molecule has 0 radical (unpaired) electrons. The third kappa shape index (κ3) is 3.36. The fraction of sp³-hybridized carbons (Fsp3) is 0.400. The lowest BCUT2D eigenvalue weighted by Gasteiger charge is -2.19. The first-order valence-electron chi connectivity index (χ1n) is 7.19. The molecule has 2 rings (SSSR count). The Balaban J connectivity index is 2.42. The lowest BCUT2D eigenvalue weighted by Crippen LogP contribution is -2.17. The van der Waals surface area contributed by atoms with Gasteiger partial charge in [0.2, 0.25) is 5.95 Å². The Kier molecular flexibility index (Phi) is 4.65. The molecule has 0 fully saturated rings. The van der Waals surface area contributed by atoms with Crippen molar-refractivity contribution in [2.24, 2.45) is 0 Å². The lowest BCUT2D eigenvalue weighted by atomic mass is 10.0. The molecule has 22 heavy (non-hydrogen) atoms. The lowest BCUT2D eigenvalue weighted by molar-refractivity contribution is 0.470. The smallest absolute Gasteiger partial charge is 0.222 e. The van der Waals surface area contributed by atoms with Gasteiger partial charge in [-0.3, -0.25) is 0 Å². The van der Waals surface area contributed by atoms with Gasteiger partial charge in [-0.25, -0.2) is 9.97 Å². The van der Waals surface area contributed by atoms with Gasteiger partial charge in [-0.2, -0.15) is 4.98 Å². The molecular weight excluding hydrogens is 280 g/mol. The highest BCUT2D eigenvalue weighted by molar-refractivity contribution is 5.53. The number of hydrogen-bond donors (Lipinski definition) is 2. The van der Waals surface area contributed by atoms with E-state index in [4.69, 9.17) is 16.2 Å². The summed E-state index contributed by atoms with van der Waals surface area (Å²) in [6, 6.07) is 1.90. The minimum Gasteiger partial charge on any atom is -0.451 e. The molecule has 0 aliphatic heterocycles. The zero-order valence-electron chi connectivity index (χ0n) is 13.4. The summed E-state index contributed by atoms with van der Waals surface area (Å²) >= 11 is 0. The Bertz CT molecular complexity index is 658. The van der Waals surface area contributed by atoms with Gasteiger partial charge >= 0.3 is 0 Å². The van der Waals surface area contributed by atoms with Crippen LogP contribution in [0.3, 0.4) is 0 Å². The van der Waals surface area contributed by atoms with E-state index in [0.717, 1.165) is 17.9 Å². The number of ether oxygens (including phenoxy) is 1. The fourth-order valence-electron chi connectivity index (χ4n) is 1.93. The molecule has 0 saturated heterocycles. The van der Waals surface area contributed by atoms with Crippen molar-refractivity contribution in [3.63, 3.8) is 0 Å². The van der Waals surface area contributed by atoms with Crippen LogP contribution in [0.2, 0.25) is 0 Å². The SMILES string of the molecule is CCN(C)c1cc(Oc2cnc(N)nc2N)c(C(C)C)cn1. The van der Waals surface area contributed by atoms with Gasteiger partial charge in [0.25, 0.3) is 0 Å². The van der Waals surface area contributed by atoms with Gasteiger partial charge < -0.3 is 21.1 Å². The van der Waals surface area contributed by atoms with Crippen LogP contribution in [0.1, 0.15) is 32.3 Å². The van der Waals surface area contributed by atoms with Crippen molar-refractivity contribution in [1.29, 1.82) is 0 Å². The first kappa shape index (κ1) is 15.8. The molecular formula is C15H22N6O. The predicted octanol–water partition coefficient (Wildman–Crippen LogP) is 2.41. The number of pyridine rings is 1. The Labute approximate surface area is 130 Å². The number of rotatable bonds is 5. The van der Waals surface area contributed by atoms with Crippen LogP contribution in [0.25, 0.3) is 0 Å². The summed E-state index contributed by atoms with van der Waals surface area (Å²) in [5, 5.41) is 0. The van der Waals surface area contributed by atoms with E-state index in [1.54, 1.807) is 0 Å².